The van der Waals surface area contributed by atoms with E-state index in [0.29, 0.717) is 11.3 Å². The van der Waals surface area contributed by atoms with E-state index in [-0.39, 0.29) is 17.4 Å². The second-order valence-corrected chi connectivity index (χ2v) is 7.04. The molecule has 5 aromatic rings. The molecule has 0 radical (unpaired) electrons. The van der Waals surface area contributed by atoms with Crippen LogP contribution in [0.2, 0.25) is 0 Å². The molecule has 0 atom stereocenters. The summed E-state index contributed by atoms with van der Waals surface area (Å²) in [6.07, 6.45) is 7.28. The summed E-state index contributed by atoms with van der Waals surface area (Å²) < 4.78 is 0. The molecule has 0 aliphatic rings. The Kier molecular flexibility index (Phi) is 4.37. The molecule has 8 heteroatoms. The van der Waals surface area contributed by atoms with Gasteiger partial charge in [0.1, 0.15) is 5.65 Å². The number of benzene rings is 2. The fraction of sp³-hybridized carbons (Fsp3) is 0. The molecule has 2 aromatic carbocycles. The number of aromatic amines is 2. The maximum Gasteiger partial charge on any atom is 0.255 e. The zero-order valence-electron chi connectivity index (χ0n) is 16.1. The number of carbonyl (C=O) groups excluding carboxylic acids is 1. The topological polar surface area (TPSA) is 127 Å². The number of aromatic nitrogens is 4. The predicted molar refractivity (Wildman–Crippen MR) is 117 cm³/mol. The van der Waals surface area contributed by atoms with Crippen molar-refractivity contribution in [1.29, 1.82) is 0 Å². The summed E-state index contributed by atoms with van der Waals surface area (Å²) >= 11 is 0. The van der Waals surface area contributed by atoms with Crippen LogP contribution in [0.5, 0.6) is 11.5 Å². The van der Waals surface area contributed by atoms with Gasteiger partial charge >= 0.3 is 0 Å². The lowest BCUT2D eigenvalue weighted by Gasteiger charge is -2.08. The third kappa shape index (κ3) is 3.46. The van der Waals surface area contributed by atoms with E-state index < -0.39 is 0 Å². The van der Waals surface area contributed by atoms with Crippen molar-refractivity contribution in [3.05, 3.63) is 78.9 Å². The number of rotatable bonds is 4. The molecule has 0 fully saturated rings. The van der Waals surface area contributed by atoms with E-state index in [1.54, 1.807) is 24.5 Å². The van der Waals surface area contributed by atoms with Crippen molar-refractivity contribution in [3.63, 3.8) is 0 Å². The number of nitrogens with one attached hydrogen (secondary N) is 3. The Morgan fingerprint density at radius 2 is 1.71 bits per heavy atom. The molecule has 3 aromatic heterocycles. The smallest absolute Gasteiger partial charge is 0.255 e. The van der Waals surface area contributed by atoms with Crippen LogP contribution in [0, 0.1) is 0 Å². The Bertz CT molecular complexity index is 1390. The first-order chi connectivity index (χ1) is 15.1. The van der Waals surface area contributed by atoms with E-state index in [0.717, 1.165) is 33.3 Å². The minimum absolute atomic E-state index is 0.244. The maximum atomic E-state index is 12.5. The number of pyridine rings is 1. The molecule has 0 saturated heterocycles. The first-order valence-corrected chi connectivity index (χ1v) is 9.48. The molecule has 0 bridgehead atoms. The summed E-state index contributed by atoms with van der Waals surface area (Å²) in [5.74, 6) is -0.861. The minimum Gasteiger partial charge on any atom is -0.504 e. The van der Waals surface area contributed by atoms with E-state index in [9.17, 15) is 15.0 Å². The molecule has 152 valence electrons. The molecule has 0 saturated carbocycles. The number of anilines is 1. The van der Waals surface area contributed by atoms with Crippen molar-refractivity contribution < 1.29 is 15.0 Å². The number of hydrogen-bond donors (Lipinski definition) is 5. The van der Waals surface area contributed by atoms with E-state index in [2.05, 4.69) is 31.5 Å². The highest BCUT2D eigenvalue weighted by Crippen LogP contribution is 2.31. The molecule has 0 aliphatic heterocycles. The minimum atomic E-state index is -0.321. The van der Waals surface area contributed by atoms with Crippen molar-refractivity contribution in [2.45, 2.75) is 0 Å². The highest BCUT2D eigenvalue weighted by atomic mass is 16.3. The van der Waals surface area contributed by atoms with Crippen LogP contribution in [0.15, 0.2) is 73.3 Å². The van der Waals surface area contributed by atoms with E-state index in [1.165, 1.54) is 18.2 Å². The zero-order valence-corrected chi connectivity index (χ0v) is 16.1. The lowest BCUT2D eigenvalue weighted by molar-refractivity contribution is 0.102. The molecule has 3 heterocycles. The summed E-state index contributed by atoms with van der Waals surface area (Å²) in [7, 11) is 0. The summed E-state index contributed by atoms with van der Waals surface area (Å²) in [5.41, 5.74) is 5.46. The normalized spacial score (nSPS) is 11.0. The molecule has 0 spiro atoms. The van der Waals surface area contributed by atoms with Crippen LogP contribution in [0.4, 0.5) is 5.69 Å². The third-order valence-electron chi connectivity index (χ3n) is 5.05. The van der Waals surface area contributed by atoms with Gasteiger partial charge in [0.25, 0.3) is 5.91 Å². The molecular formula is C23H17N5O3. The average molecular weight is 411 g/mol. The largest absolute Gasteiger partial charge is 0.504 e. The Morgan fingerprint density at radius 1 is 0.871 bits per heavy atom. The van der Waals surface area contributed by atoms with Gasteiger partial charge in [0.2, 0.25) is 0 Å². The maximum absolute atomic E-state index is 12.5. The Balaban J connectivity index is 1.40. The van der Waals surface area contributed by atoms with Gasteiger partial charge in [0, 0.05) is 58.0 Å². The first-order valence-electron chi connectivity index (χ1n) is 9.48. The lowest BCUT2D eigenvalue weighted by Crippen LogP contribution is -2.11. The second kappa shape index (κ2) is 7.34. The zero-order chi connectivity index (χ0) is 21.4. The molecule has 0 aliphatic carbocycles. The van der Waals surface area contributed by atoms with Crippen LogP contribution in [-0.2, 0) is 0 Å². The molecule has 0 unspecified atom stereocenters. The third-order valence-corrected chi connectivity index (χ3v) is 5.05. The fourth-order valence-electron chi connectivity index (χ4n) is 3.42. The first kappa shape index (κ1) is 18.4. The molecule has 8 nitrogen and oxygen atoms in total. The number of hydrogen-bond acceptors (Lipinski definition) is 5. The van der Waals surface area contributed by atoms with Gasteiger partial charge in [0.05, 0.1) is 6.20 Å². The number of aromatic hydroxyl groups is 2. The Labute approximate surface area is 176 Å². The number of phenols is 2. The number of H-pyrrole nitrogens is 2. The molecule has 5 rings (SSSR count). The quantitative estimate of drug-likeness (QED) is 0.223. The van der Waals surface area contributed by atoms with Crippen LogP contribution >= 0.6 is 0 Å². The lowest BCUT2D eigenvalue weighted by atomic mass is 10.0. The van der Waals surface area contributed by atoms with Crippen molar-refractivity contribution in [2.24, 2.45) is 0 Å². The van der Waals surface area contributed by atoms with Gasteiger partial charge in [-0.1, -0.05) is 12.1 Å². The monoisotopic (exact) mass is 411 g/mol. The molecule has 1 amide bonds. The van der Waals surface area contributed by atoms with Gasteiger partial charge in [-0.15, -0.1) is 0 Å². The highest BCUT2D eigenvalue weighted by Gasteiger charge is 2.11. The van der Waals surface area contributed by atoms with Crippen LogP contribution in [0.25, 0.3) is 33.3 Å². The SMILES string of the molecule is O=C(Nc1ccc(O)c(O)c1)c1ccc(-c2cnc3[nH]cc(-c4cn[nH]c4)c3c2)cc1. The molecular weight excluding hydrogens is 394 g/mol. The molecule has 31 heavy (non-hydrogen) atoms. The number of nitrogens with zero attached hydrogens (tertiary/aromatic N) is 2. The summed E-state index contributed by atoms with van der Waals surface area (Å²) in [6.45, 7) is 0. The van der Waals surface area contributed by atoms with Crippen molar-refractivity contribution in [1.82, 2.24) is 20.2 Å². The standard InChI is InChI=1S/C23H17N5O3/c29-20-6-5-17(8-21(20)30)28-23(31)14-3-1-13(2-4-14)15-7-18-19(16-10-26-27-11-16)12-25-22(18)24-9-15/h1-12,29-30H,(H,24,25)(H,26,27)(H,28,31). The summed E-state index contributed by atoms with van der Waals surface area (Å²) in [6, 6.07) is 13.3. The van der Waals surface area contributed by atoms with Crippen LogP contribution in [-0.4, -0.2) is 36.3 Å². The van der Waals surface area contributed by atoms with Crippen molar-refractivity contribution in [3.8, 4) is 33.8 Å². The summed E-state index contributed by atoms with van der Waals surface area (Å²) in [4.78, 5) is 20.2. The predicted octanol–water partition coefficient (Wildman–Crippen LogP) is 4.28. The number of fused-ring (bicyclic) bond motifs is 1. The van der Waals surface area contributed by atoms with E-state index in [4.69, 9.17) is 0 Å². The van der Waals surface area contributed by atoms with E-state index >= 15 is 0 Å². The van der Waals surface area contributed by atoms with Gasteiger partial charge in [0.15, 0.2) is 11.5 Å². The van der Waals surface area contributed by atoms with Crippen LogP contribution in [0.1, 0.15) is 10.4 Å². The number of carbonyl (C=O) groups is 1. The fourth-order valence-corrected chi connectivity index (χ4v) is 3.42. The second-order valence-electron chi connectivity index (χ2n) is 7.04. The van der Waals surface area contributed by atoms with Crippen molar-refractivity contribution in [2.75, 3.05) is 5.32 Å². The highest BCUT2D eigenvalue weighted by molar-refractivity contribution is 6.04. The van der Waals surface area contributed by atoms with Gasteiger partial charge in [-0.3, -0.25) is 9.89 Å². The number of phenolic OH excluding ortho intramolecular Hbond substituents is 2. The van der Waals surface area contributed by atoms with Crippen LogP contribution < -0.4 is 5.32 Å². The van der Waals surface area contributed by atoms with Gasteiger partial charge < -0.3 is 20.5 Å². The Hall–Kier alpha value is -4.59. The van der Waals surface area contributed by atoms with Gasteiger partial charge in [-0.05, 0) is 35.9 Å². The number of amides is 1. The Morgan fingerprint density at radius 3 is 2.45 bits per heavy atom. The van der Waals surface area contributed by atoms with Gasteiger partial charge in [-0.25, -0.2) is 4.98 Å². The summed E-state index contributed by atoms with van der Waals surface area (Å²) in [5, 5.41) is 29.5. The van der Waals surface area contributed by atoms with Gasteiger partial charge in [-0.2, -0.15) is 5.10 Å². The van der Waals surface area contributed by atoms with Crippen molar-refractivity contribution >= 4 is 22.6 Å². The average Bonchev–Trinajstić information content (AvgIpc) is 3.45. The molecule has 5 N–H and O–H groups in total. The van der Waals surface area contributed by atoms with E-state index in [1.807, 2.05) is 24.5 Å². The van der Waals surface area contributed by atoms with Crippen LogP contribution in [0.3, 0.4) is 0 Å².